The lowest BCUT2D eigenvalue weighted by Crippen LogP contribution is -2.47. The Hall–Kier alpha value is -2.14. The van der Waals surface area contributed by atoms with Crippen LogP contribution < -0.4 is 0 Å². The van der Waals surface area contributed by atoms with Gasteiger partial charge in [0.05, 0.1) is 21.8 Å². The maximum Gasteiger partial charge on any atom is 0.254 e. The van der Waals surface area contributed by atoms with E-state index in [0.29, 0.717) is 15.6 Å². The Morgan fingerprint density at radius 1 is 1.04 bits per heavy atom. The second-order valence-electron chi connectivity index (χ2n) is 7.20. The van der Waals surface area contributed by atoms with Gasteiger partial charge >= 0.3 is 0 Å². The molecule has 2 aromatic carbocycles. The van der Waals surface area contributed by atoms with Crippen molar-refractivity contribution in [2.24, 2.45) is 0 Å². The maximum absolute atomic E-state index is 13.5. The fourth-order valence-corrected chi connectivity index (χ4v) is 4.19. The molecule has 1 amide bonds. The van der Waals surface area contributed by atoms with Crippen LogP contribution in [0.5, 0.6) is 0 Å². The molecule has 2 heterocycles. The maximum atomic E-state index is 13.5. The highest BCUT2D eigenvalue weighted by molar-refractivity contribution is 6.36. The third kappa shape index (κ3) is 3.48. The molecule has 1 aliphatic heterocycles. The minimum Gasteiger partial charge on any atom is -0.336 e. The summed E-state index contributed by atoms with van der Waals surface area (Å²) in [4.78, 5) is 22.5. The van der Waals surface area contributed by atoms with Crippen molar-refractivity contribution in [1.29, 1.82) is 0 Å². The first-order chi connectivity index (χ1) is 13.5. The van der Waals surface area contributed by atoms with Gasteiger partial charge in [0.2, 0.25) is 0 Å². The minimum absolute atomic E-state index is 0.0514. The SMILES string of the molecule is Cc1c(-c2ccc(Cl)cc2Cl)nc2ccccc2c1C(=O)N1CCN(C)CC1. The van der Waals surface area contributed by atoms with Gasteiger partial charge in [-0.3, -0.25) is 4.79 Å². The first-order valence-electron chi connectivity index (χ1n) is 9.28. The Kier molecular flexibility index (Phi) is 5.28. The number of pyridine rings is 1. The minimum atomic E-state index is 0.0514. The summed E-state index contributed by atoms with van der Waals surface area (Å²) in [5, 5.41) is 1.97. The first kappa shape index (κ1) is 19.2. The third-order valence-corrected chi connectivity index (χ3v) is 5.87. The molecule has 6 heteroatoms. The number of hydrogen-bond acceptors (Lipinski definition) is 3. The van der Waals surface area contributed by atoms with Crippen LogP contribution in [0.3, 0.4) is 0 Å². The van der Waals surface area contributed by atoms with Gasteiger partial charge in [-0.25, -0.2) is 4.98 Å². The molecular weight excluding hydrogens is 393 g/mol. The van der Waals surface area contributed by atoms with E-state index in [1.807, 2.05) is 42.2 Å². The number of piperazine rings is 1. The molecule has 1 aromatic heterocycles. The van der Waals surface area contributed by atoms with E-state index in [0.717, 1.165) is 53.9 Å². The lowest BCUT2D eigenvalue weighted by atomic mass is 9.96. The second-order valence-corrected chi connectivity index (χ2v) is 8.04. The van der Waals surface area contributed by atoms with E-state index in [1.54, 1.807) is 12.1 Å². The zero-order valence-electron chi connectivity index (χ0n) is 15.9. The van der Waals surface area contributed by atoms with Gasteiger partial charge in [0.25, 0.3) is 5.91 Å². The van der Waals surface area contributed by atoms with E-state index >= 15 is 0 Å². The molecule has 0 N–H and O–H groups in total. The standard InChI is InChI=1S/C22H21Cl2N3O/c1-14-20(22(28)27-11-9-26(2)10-12-27)17-5-3-4-6-19(17)25-21(14)16-8-7-15(23)13-18(16)24/h3-8,13H,9-12H2,1-2H3. The number of halogens is 2. The molecule has 4 rings (SSSR count). The van der Waals surface area contributed by atoms with E-state index in [1.165, 1.54) is 0 Å². The lowest BCUT2D eigenvalue weighted by Gasteiger charge is -2.33. The van der Waals surface area contributed by atoms with Crippen molar-refractivity contribution in [3.8, 4) is 11.3 Å². The molecule has 0 atom stereocenters. The van der Waals surface area contributed by atoms with Crippen molar-refractivity contribution in [3.63, 3.8) is 0 Å². The summed E-state index contributed by atoms with van der Waals surface area (Å²) in [5.41, 5.74) is 3.83. The highest BCUT2D eigenvalue weighted by Crippen LogP contribution is 2.35. The highest BCUT2D eigenvalue weighted by Gasteiger charge is 2.26. The summed E-state index contributed by atoms with van der Waals surface area (Å²) in [6.07, 6.45) is 0. The Labute approximate surface area is 174 Å². The monoisotopic (exact) mass is 413 g/mol. The number of para-hydroxylation sites is 1. The number of benzene rings is 2. The Morgan fingerprint density at radius 3 is 2.46 bits per heavy atom. The number of fused-ring (bicyclic) bond motifs is 1. The summed E-state index contributed by atoms with van der Waals surface area (Å²) in [6.45, 7) is 5.15. The van der Waals surface area contributed by atoms with E-state index < -0.39 is 0 Å². The molecule has 3 aromatic rings. The van der Waals surface area contributed by atoms with Crippen molar-refractivity contribution < 1.29 is 4.79 Å². The molecule has 28 heavy (non-hydrogen) atoms. The van der Waals surface area contributed by atoms with E-state index in [2.05, 4.69) is 11.9 Å². The zero-order chi connectivity index (χ0) is 19.8. The average molecular weight is 414 g/mol. The van der Waals surface area contributed by atoms with E-state index in [4.69, 9.17) is 28.2 Å². The molecule has 0 saturated carbocycles. The van der Waals surface area contributed by atoms with Gasteiger partial charge in [0.15, 0.2) is 0 Å². The third-order valence-electron chi connectivity index (χ3n) is 5.33. The van der Waals surface area contributed by atoms with E-state index in [9.17, 15) is 4.79 Å². The van der Waals surface area contributed by atoms with Crippen LogP contribution in [0.4, 0.5) is 0 Å². The van der Waals surface area contributed by atoms with Crippen LogP contribution in [-0.2, 0) is 0 Å². The summed E-state index contributed by atoms with van der Waals surface area (Å²) >= 11 is 12.5. The Morgan fingerprint density at radius 2 is 1.75 bits per heavy atom. The van der Waals surface area contributed by atoms with Gasteiger partial charge in [-0.2, -0.15) is 0 Å². The number of aromatic nitrogens is 1. The van der Waals surface area contributed by atoms with Gasteiger partial charge in [-0.1, -0.05) is 41.4 Å². The second kappa shape index (κ2) is 7.70. The largest absolute Gasteiger partial charge is 0.336 e. The summed E-state index contributed by atoms with van der Waals surface area (Å²) < 4.78 is 0. The number of amides is 1. The quantitative estimate of drug-likeness (QED) is 0.598. The molecule has 1 aliphatic rings. The van der Waals surface area contributed by atoms with Crippen LogP contribution >= 0.6 is 23.2 Å². The molecule has 0 bridgehead atoms. The first-order valence-corrected chi connectivity index (χ1v) is 10.0. The van der Waals surface area contributed by atoms with Gasteiger partial charge < -0.3 is 9.80 Å². The van der Waals surface area contributed by atoms with Gasteiger partial charge in [0.1, 0.15) is 0 Å². The Balaban J connectivity index is 1.90. The van der Waals surface area contributed by atoms with E-state index in [-0.39, 0.29) is 5.91 Å². The summed E-state index contributed by atoms with van der Waals surface area (Å²) in [5.74, 6) is 0.0514. The van der Waals surface area contributed by atoms with Gasteiger partial charge in [0, 0.05) is 42.2 Å². The van der Waals surface area contributed by atoms with Crippen LogP contribution in [0.15, 0.2) is 42.5 Å². The van der Waals surface area contributed by atoms with Crippen LogP contribution in [0.1, 0.15) is 15.9 Å². The summed E-state index contributed by atoms with van der Waals surface area (Å²) in [6, 6.07) is 13.1. The Bertz CT molecular complexity index is 1060. The molecular formula is C22H21Cl2N3O. The van der Waals surface area contributed by atoms with Crippen molar-refractivity contribution in [2.75, 3.05) is 33.2 Å². The lowest BCUT2D eigenvalue weighted by molar-refractivity contribution is 0.0665. The summed E-state index contributed by atoms with van der Waals surface area (Å²) in [7, 11) is 2.08. The van der Waals surface area contributed by atoms with Gasteiger partial charge in [-0.05, 0) is 43.8 Å². The molecule has 4 nitrogen and oxygen atoms in total. The van der Waals surface area contributed by atoms with Crippen LogP contribution in [0, 0.1) is 6.92 Å². The molecule has 1 fully saturated rings. The number of nitrogens with zero attached hydrogens (tertiary/aromatic N) is 3. The fraction of sp³-hybridized carbons (Fsp3) is 0.273. The molecule has 0 radical (unpaired) electrons. The number of rotatable bonds is 2. The number of carbonyl (C=O) groups is 1. The smallest absolute Gasteiger partial charge is 0.254 e. The predicted molar refractivity (Wildman–Crippen MR) is 115 cm³/mol. The van der Waals surface area contributed by atoms with Crippen LogP contribution in [0.25, 0.3) is 22.2 Å². The van der Waals surface area contributed by atoms with Crippen LogP contribution in [0.2, 0.25) is 10.0 Å². The topological polar surface area (TPSA) is 36.4 Å². The van der Waals surface area contributed by atoms with Crippen molar-refractivity contribution >= 4 is 40.0 Å². The molecule has 144 valence electrons. The molecule has 0 spiro atoms. The molecule has 0 unspecified atom stereocenters. The van der Waals surface area contributed by atoms with Crippen molar-refractivity contribution in [2.45, 2.75) is 6.92 Å². The molecule has 0 aliphatic carbocycles. The predicted octanol–water partition coefficient (Wildman–Crippen LogP) is 4.90. The van der Waals surface area contributed by atoms with Crippen LogP contribution in [-0.4, -0.2) is 53.9 Å². The van der Waals surface area contributed by atoms with Crippen molar-refractivity contribution in [3.05, 3.63) is 63.6 Å². The number of carbonyl (C=O) groups excluding carboxylic acids is 1. The van der Waals surface area contributed by atoms with Gasteiger partial charge in [-0.15, -0.1) is 0 Å². The normalized spacial score (nSPS) is 15.2. The van der Waals surface area contributed by atoms with Crippen molar-refractivity contribution in [1.82, 2.24) is 14.8 Å². The zero-order valence-corrected chi connectivity index (χ0v) is 17.4. The highest BCUT2D eigenvalue weighted by atomic mass is 35.5. The molecule has 1 saturated heterocycles. The average Bonchev–Trinajstić information content (AvgIpc) is 2.68. The number of hydrogen-bond donors (Lipinski definition) is 0. The fourth-order valence-electron chi connectivity index (χ4n) is 3.69. The number of likely N-dealkylation sites (N-methyl/N-ethyl adjacent to an activating group) is 1.